The molecule has 0 bridgehead atoms. The van der Waals surface area contributed by atoms with Crippen LogP contribution in [-0.2, 0) is 13.6 Å². The Kier molecular flexibility index (Phi) is 7.66. The van der Waals surface area contributed by atoms with Gasteiger partial charge in [-0.1, -0.05) is 12.1 Å². The third-order valence-corrected chi connectivity index (χ3v) is 3.91. The van der Waals surface area contributed by atoms with Gasteiger partial charge >= 0.3 is 0 Å². The van der Waals surface area contributed by atoms with Crippen molar-refractivity contribution < 1.29 is 9.47 Å². The molecule has 0 spiro atoms. The van der Waals surface area contributed by atoms with Crippen molar-refractivity contribution >= 4 is 5.96 Å². The van der Waals surface area contributed by atoms with E-state index in [4.69, 9.17) is 9.47 Å². The molecule has 0 aliphatic rings. The van der Waals surface area contributed by atoms with Crippen LogP contribution in [0.3, 0.4) is 0 Å². The molecule has 2 rings (SSSR count). The van der Waals surface area contributed by atoms with Crippen molar-refractivity contribution in [3.8, 4) is 11.5 Å². The van der Waals surface area contributed by atoms with Crippen molar-refractivity contribution in [1.29, 1.82) is 0 Å². The molecule has 0 fully saturated rings. The average molecular weight is 372 g/mol. The van der Waals surface area contributed by atoms with E-state index in [9.17, 15) is 0 Å². The number of rotatable bonds is 9. The zero-order chi connectivity index (χ0) is 19.6. The second-order valence-electron chi connectivity index (χ2n) is 6.05. The van der Waals surface area contributed by atoms with Gasteiger partial charge in [-0.2, -0.15) is 0 Å². The second kappa shape index (κ2) is 10.2. The predicted octanol–water partition coefficient (Wildman–Crippen LogP) is 1.82. The monoisotopic (exact) mass is 372 g/mol. The van der Waals surface area contributed by atoms with E-state index in [0.29, 0.717) is 25.6 Å². The Morgan fingerprint density at radius 1 is 1.33 bits per heavy atom. The van der Waals surface area contributed by atoms with Gasteiger partial charge in [0.15, 0.2) is 11.8 Å². The summed E-state index contributed by atoms with van der Waals surface area (Å²) in [6, 6.07) is 7.54. The molecule has 2 N–H and O–H groups in total. The zero-order valence-corrected chi connectivity index (χ0v) is 16.4. The smallest absolute Gasteiger partial charge is 0.192 e. The van der Waals surface area contributed by atoms with Crippen molar-refractivity contribution in [1.82, 2.24) is 25.4 Å². The normalized spacial score (nSPS) is 12.4. The fourth-order valence-electron chi connectivity index (χ4n) is 2.27. The van der Waals surface area contributed by atoms with E-state index in [1.807, 2.05) is 49.7 Å². The molecule has 1 aromatic heterocycles. The van der Waals surface area contributed by atoms with Gasteiger partial charge < -0.3 is 24.7 Å². The van der Waals surface area contributed by atoms with Crippen molar-refractivity contribution in [2.24, 2.45) is 12.0 Å². The molecule has 0 saturated heterocycles. The van der Waals surface area contributed by atoms with Gasteiger partial charge in [-0.05, 0) is 26.0 Å². The Labute approximate surface area is 160 Å². The van der Waals surface area contributed by atoms with Crippen LogP contribution in [0.5, 0.6) is 11.5 Å². The first-order valence-electron chi connectivity index (χ1n) is 8.82. The van der Waals surface area contributed by atoms with Crippen LogP contribution in [0.2, 0.25) is 0 Å². The van der Waals surface area contributed by atoms with E-state index in [-0.39, 0.29) is 6.10 Å². The van der Waals surface area contributed by atoms with Crippen LogP contribution in [0.15, 0.2) is 41.9 Å². The number of guanidine groups is 1. The summed E-state index contributed by atoms with van der Waals surface area (Å²) in [6.45, 7) is 9.24. The number of methoxy groups -OCH3 is 1. The number of aliphatic imine (C=N–C) groups is 1. The van der Waals surface area contributed by atoms with Crippen LogP contribution in [0.1, 0.15) is 18.6 Å². The van der Waals surface area contributed by atoms with Gasteiger partial charge in [-0.25, -0.2) is 4.99 Å². The predicted molar refractivity (Wildman–Crippen MR) is 106 cm³/mol. The number of benzene rings is 1. The number of aromatic nitrogens is 3. The summed E-state index contributed by atoms with van der Waals surface area (Å²) in [5.74, 6) is 3.84. The highest BCUT2D eigenvalue weighted by Crippen LogP contribution is 2.19. The summed E-state index contributed by atoms with van der Waals surface area (Å²) in [4.78, 5) is 4.56. The maximum absolute atomic E-state index is 5.93. The van der Waals surface area contributed by atoms with Crippen LogP contribution in [0.25, 0.3) is 0 Å². The highest BCUT2D eigenvalue weighted by atomic mass is 16.5. The topological polar surface area (TPSA) is 85.6 Å². The molecule has 146 valence electrons. The fraction of sp³-hybridized carbons (Fsp3) is 0.421. The van der Waals surface area contributed by atoms with Gasteiger partial charge in [0.25, 0.3) is 0 Å². The van der Waals surface area contributed by atoms with Crippen molar-refractivity contribution in [2.45, 2.75) is 26.5 Å². The lowest BCUT2D eigenvalue weighted by molar-refractivity contribution is 0.223. The number of ether oxygens (including phenoxy) is 2. The zero-order valence-electron chi connectivity index (χ0n) is 16.4. The standard InChI is InChI=1S/C19H28N6O2/c1-6-10-20-19(22-13-18-24-23-15(3)25(18)4)21-12-14(2)27-17-9-7-8-16(11-17)26-5/h6-9,11,14H,1,10,12-13H2,2-5H3,(H2,20,21,22). The SMILES string of the molecule is C=CCNC(=NCc1nnc(C)n1C)NCC(C)Oc1cccc(OC)c1. The number of nitrogens with zero attached hydrogens (tertiary/aromatic N) is 4. The van der Waals surface area contributed by atoms with Crippen LogP contribution in [-0.4, -0.2) is 47.0 Å². The number of aryl methyl sites for hydroxylation is 1. The Balaban J connectivity index is 1.93. The van der Waals surface area contributed by atoms with Crippen molar-refractivity contribution in [3.05, 3.63) is 48.6 Å². The lowest BCUT2D eigenvalue weighted by Gasteiger charge is -2.18. The summed E-state index contributed by atoms with van der Waals surface area (Å²) in [5.41, 5.74) is 0. The minimum atomic E-state index is -0.0649. The van der Waals surface area contributed by atoms with Crippen molar-refractivity contribution in [2.75, 3.05) is 20.2 Å². The first kappa shape index (κ1) is 20.3. The van der Waals surface area contributed by atoms with Crippen LogP contribution in [0.4, 0.5) is 0 Å². The van der Waals surface area contributed by atoms with Crippen LogP contribution >= 0.6 is 0 Å². The molecular weight excluding hydrogens is 344 g/mol. The molecular formula is C19H28N6O2. The van der Waals surface area contributed by atoms with Crippen LogP contribution in [0, 0.1) is 6.92 Å². The molecule has 27 heavy (non-hydrogen) atoms. The molecule has 8 nitrogen and oxygen atoms in total. The average Bonchev–Trinajstić information content (AvgIpc) is 2.99. The largest absolute Gasteiger partial charge is 0.497 e. The molecule has 0 radical (unpaired) electrons. The van der Waals surface area contributed by atoms with Gasteiger partial charge in [-0.3, -0.25) is 0 Å². The van der Waals surface area contributed by atoms with Crippen molar-refractivity contribution in [3.63, 3.8) is 0 Å². The third kappa shape index (κ3) is 6.32. The summed E-state index contributed by atoms with van der Waals surface area (Å²) in [5, 5.41) is 14.6. The summed E-state index contributed by atoms with van der Waals surface area (Å²) in [7, 11) is 3.56. The molecule has 1 unspecified atom stereocenters. The van der Waals surface area contributed by atoms with E-state index >= 15 is 0 Å². The lowest BCUT2D eigenvalue weighted by atomic mass is 10.3. The highest BCUT2D eigenvalue weighted by molar-refractivity contribution is 5.79. The molecule has 0 aliphatic carbocycles. The number of nitrogens with one attached hydrogen (secondary N) is 2. The Hall–Kier alpha value is -3.03. The summed E-state index contributed by atoms with van der Waals surface area (Å²) < 4.78 is 13.1. The molecule has 8 heteroatoms. The minimum absolute atomic E-state index is 0.0649. The quantitative estimate of drug-likeness (QED) is 0.397. The van der Waals surface area contributed by atoms with E-state index in [0.717, 1.165) is 23.1 Å². The van der Waals surface area contributed by atoms with Crippen LogP contribution < -0.4 is 20.1 Å². The Morgan fingerprint density at radius 2 is 2.11 bits per heavy atom. The van der Waals surface area contributed by atoms with E-state index in [1.54, 1.807) is 13.2 Å². The maximum Gasteiger partial charge on any atom is 0.192 e. The summed E-state index contributed by atoms with van der Waals surface area (Å²) >= 11 is 0. The van der Waals surface area contributed by atoms with E-state index in [1.165, 1.54) is 0 Å². The minimum Gasteiger partial charge on any atom is -0.497 e. The van der Waals surface area contributed by atoms with E-state index < -0.39 is 0 Å². The first-order chi connectivity index (χ1) is 13.0. The van der Waals surface area contributed by atoms with E-state index in [2.05, 4.69) is 32.4 Å². The molecule has 1 aromatic carbocycles. The maximum atomic E-state index is 5.93. The molecule has 0 aliphatic heterocycles. The van der Waals surface area contributed by atoms with Gasteiger partial charge in [0.1, 0.15) is 30.0 Å². The molecule has 0 amide bonds. The fourth-order valence-corrected chi connectivity index (χ4v) is 2.27. The third-order valence-electron chi connectivity index (χ3n) is 3.91. The second-order valence-corrected chi connectivity index (χ2v) is 6.05. The van der Waals surface area contributed by atoms with Gasteiger partial charge in [0, 0.05) is 19.7 Å². The number of hydrogen-bond acceptors (Lipinski definition) is 5. The Bertz CT molecular complexity index is 771. The molecule has 0 saturated carbocycles. The molecule has 1 heterocycles. The Morgan fingerprint density at radius 3 is 2.78 bits per heavy atom. The molecule has 1 atom stereocenters. The van der Waals surface area contributed by atoms with Gasteiger partial charge in [-0.15, -0.1) is 16.8 Å². The van der Waals surface area contributed by atoms with Gasteiger partial charge in [0.05, 0.1) is 13.7 Å². The lowest BCUT2D eigenvalue weighted by Crippen LogP contribution is -2.42. The number of hydrogen-bond donors (Lipinski definition) is 2. The summed E-state index contributed by atoms with van der Waals surface area (Å²) in [6.07, 6.45) is 1.71. The highest BCUT2D eigenvalue weighted by Gasteiger charge is 2.08. The van der Waals surface area contributed by atoms with Gasteiger partial charge in [0.2, 0.25) is 0 Å². The molecule has 2 aromatic rings. The first-order valence-corrected chi connectivity index (χ1v) is 8.82.